The van der Waals surface area contributed by atoms with Gasteiger partial charge in [-0.15, -0.1) is 0 Å². The standard InChI is InChI=1S/C17H27BrN2O/c1-3-20-11-7-16(8-12-20)19(2)10-9-17(21)14-5-4-6-15(18)13-14/h4-6,13,16-17,21H,3,7-12H2,1-2H3. The van der Waals surface area contributed by atoms with Crippen LogP contribution in [0.1, 0.15) is 37.9 Å². The number of hydrogen-bond acceptors (Lipinski definition) is 3. The zero-order valence-corrected chi connectivity index (χ0v) is 14.7. The normalized spacial score (nSPS) is 19.1. The van der Waals surface area contributed by atoms with Gasteiger partial charge in [0.05, 0.1) is 6.10 Å². The van der Waals surface area contributed by atoms with Crippen LogP contribution in [-0.4, -0.2) is 54.2 Å². The molecule has 1 fully saturated rings. The van der Waals surface area contributed by atoms with Crippen LogP contribution in [-0.2, 0) is 0 Å². The van der Waals surface area contributed by atoms with E-state index in [2.05, 4.69) is 39.7 Å². The molecule has 1 aliphatic rings. The monoisotopic (exact) mass is 354 g/mol. The van der Waals surface area contributed by atoms with Crippen LogP contribution in [0.2, 0.25) is 0 Å². The molecular weight excluding hydrogens is 328 g/mol. The van der Waals surface area contributed by atoms with Gasteiger partial charge >= 0.3 is 0 Å². The van der Waals surface area contributed by atoms with Crippen LogP contribution >= 0.6 is 15.9 Å². The first-order chi connectivity index (χ1) is 10.1. The van der Waals surface area contributed by atoms with E-state index in [4.69, 9.17) is 0 Å². The van der Waals surface area contributed by atoms with Gasteiger partial charge < -0.3 is 14.9 Å². The fourth-order valence-corrected chi connectivity index (χ4v) is 3.48. The Kier molecular flexibility index (Phi) is 6.68. The maximum atomic E-state index is 10.3. The van der Waals surface area contributed by atoms with Crippen molar-refractivity contribution < 1.29 is 5.11 Å². The summed E-state index contributed by atoms with van der Waals surface area (Å²) in [6.45, 7) is 6.76. The van der Waals surface area contributed by atoms with Crippen LogP contribution in [0.3, 0.4) is 0 Å². The van der Waals surface area contributed by atoms with Crippen molar-refractivity contribution in [2.45, 2.75) is 38.3 Å². The van der Waals surface area contributed by atoms with Gasteiger partial charge in [-0.05, 0) is 63.6 Å². The lowest BCUT2D eigenvalue weighted by Crippen LogP contribution is -2.43. The summed E-state index contributed by atoms with van der Waals surface area (Å²) in [5, 5.41) is 10.3. The second-order valence-corrected chi connectivity index (χ2v) is 6.92. The van der Waals surface area contributed by atoms with Crippen molar-refractivity contribution in [3.05, 3.63) is 34.3 Å². The van der Waals surface area contributed by atoms with E-state index in [0.717, 1.165) is 29.5 Å². The summed E-state index contributed by atoms with van der Waals surface area (Å²) < 4.78 is 1.03. The van der Waals surface area contributed by atoms with Crippen LogP contribution in [0.15, 0.2) is 28.7 Å². The van der Waals surface area contributed by atoms with E-state index in [0.29, 0.717) is 6.04 Å². The molecule has 2 rings (SSSR count). The van der Waals surface area contributed by atoms with Gasteiger partial charge in [0.2, 0.25) is 0 Å². The molecule has 3 nitrogen and oxygen atoms in total. The molecule has 21 heavy (non-hydrogen) atoms. The van der Waals surface area contributed by atoms with Gasteiger partial charge in [-0.1, -0.05) is 35.0 Å². The summed E-state index contributed by atoms with van der Waals surface area (Å²) in [6.07, 6.45) is 2.91. The van der Waals surface area contributed by atoms with Gasteiger partial charge in [0.25, 0.3) is 0 Å². The summed E-state index contributed by atoms with van der Waals surface area (Å²) in [4.78, 5) is 4.94. The summed E-state index contributed by atoms with van der Waals surface area (Å²) in [5.74, 6) is 0. The number of rotatable bonds is 6. The Morgan fingerprint density at radius 3 is 2.71 bits per heavy atom. The Morgan fingerprint density at radius 2 is 2.10 bits per heavy atom. The van der Waals surface area contributed by atoms with Crippen molar-refractivity contribution in [1.29, 1.82) is 0 Å². The highest BCUT2D eigenvalue weighted by molar-refractivity contribution is 9.10. The van der Waals surface area contributed by atoms with Crippen molar-refractivity contribution in [1.82, 2.24) is 9.80 Å². The Labute approximate surface area is 137 Å². The molecule has 118 valence electrons. The van der Waals surface area contributed by atoms with Gasteiger partial charge in [0, 0.05) is 17.1 Å². The average Bonchev–Trinajstić information content (AvgIpc) is 2.52. The van der Waals surface area contributed by atoms with Crippen LogP contribution in [0.5, 0.6) is 0 Å². The zero-order chi connectivity index (χ0) is 15.2. The SMILES string of the molecule is CCN1CCC(N(C)CCC(O)c2cccc(Br)c2)CC1. The first-order valence-corrected chi connectivity index (χ1v) is 8.75. The maximum Gasteiger partial charge on any atom is 0.0802 e. The number of hydrogen-bond donors (Lipinski definition) is 1. The lowest BCUT2D eigenvalue weighted by atomic mass is 10.0. The molecule has 4 heteroatoms. The maximum absolute atomic E-state index is 10.3. The molecule has 1 aromatic carbocycles. The summed E-state index contributed by atoms with van der Waals surface area (Å²) >= 11 is 3.46. The predicted molar refractivity (Wildman–Crippen MR) is 91.5 cm³/mol. The number of benzene rings is 1. The van der Waals surface area contributed by atoms with Gasteiger partial charge in [-0.25, -0.2) is 0 Å². The second-order valence-electron chi connectivity index (χ2n) is 6.01. The van der Waals surface area contributed by atoms with E-state index >= 15 is 0 Å². The molecule has 0 saturated carbocycles. The molecule has 1 N–H and O–H groups in total. The Bertz CT molecular complexity index is 433. The minimum absolute atomic E-state index is 0.374. The summed E-state index contributed by atoms with van der Waals surface area (Å²) in [7, 11) is 2.19. The quantitative estimate of drug-likeness (QED) is 0.848. The third-order valence-corrected chi connectivity index (χ3v) is 5.11. The zero-order valence-electron chi connectivity index (χ0n) is 13.1. The minimum Gasteiger partial charge on any atom is -0.388 e. The number of nitrogens with zero attached hydrogens (tertiary/aromatic N) is 2. The van der Waals surface area contributed by atoms with Crippen LogP contribution < -0.4 is 0 Å². The van der Waals surface area contributed by atoms with Gasteiger partial charge in [-0.3, -0.25) is 0 Å². The lowest BCUT2D eigenvalue weighted by Gasteiger charge is -2.36. The van der Waals surface area contributed by atoms with Crippen molar-refractivity contribution in [3.8, 4) is 0 Å². The molecule has 0 amide bonds. The van der Waals surface area contributed by atoms with Crippen molar-refractivity contribution in [3.63, 3.8) is 0 Å². The molecule has 1 atom stereocenters. The highest BCUT2D eigenvalue weighted by Gasteiger charge is 2.22. The molecule has 1 aliphatic heterocycles. The number of aliphatic hydroxyl groups excluding tert-OH is 1. The van der Waals surface area contributed by atoms with E-state index in [1.165, 1.54) is 25.9 Å². The van der Waals surface area contributed by atoms with E-state index in [-0.39, 0.29) is 6.10 Å². The molecule has 0 aliphatic carbocycles. The molecule has 0 bridgehead atoms. The largest absolute Gasteiger partial charge is 0.388 e. The fourth-order valence-electron chi connectivity index (χ4n) is 3.07. The van der Waals surface area contributed by atoms with Crippen LogP contribution in [0.25, 0.3) is 0 Å². The number of aliphatic hydroxyl groups is 1. The average molecular weight is 355 g/mol. The highest BCUT2D eigenvalue weighted by atomic mass is 79.9. The smallest absolute Gasteiger partial charge is 0.0802 e. The third kappa shape index (κ3) is 5.06. The number of likely N-dealkylation sites (tertiary alicyclic amines) is 1. The molecule has 1 saturated heterocycles. The third-order valence-electron chi connectivity index (χ3n) is 4.62. The Hall–Kier alpha value is -0.420. The summed E-state index contributed by atoms with van der Waals surface area (Å²) in [5.41, 5.74) is 0.999. The molecule has 1 unspecified atom stereocenters. The van der Waals surface area contributed by atoms with E-state index in [9.17, 15) is 5.11 Å². The first-order valence-electron chi connectivity index (χ1n) is 7.96. The minimum atomic E-state index is -0.374. The molecule has 1 aromatic rings. The fraction of sp³-hybridized carbons (Fsp3) is 0.647. The Morgan fingerprint density at radius 1 is 1.38 bits per heavy atom. The second kappa shape index (κ2) is 8.28. The molecule has 0 radical (unpaired) electrons. The highest BCUT2D eigenvalue weighted by Crippen LogP contribution is 2.22. The van der Waals surface area contributed by atoms with Gasteiger partial charge in [-0.2, -0.15) is 0 Å². The predicted octanol–water partition coefficient (Wildman–Crippen LogP) is 3.29. The molecular formula is C17H27BrN2O. The topological polar surface area (TPSA) is 26.7 Å². The van der Waals surface area contributed by atoms with Crippen molar-refractivity contribution in [2.24, 2.45) is 0 Å². The number of piperidine rings is 1. The molecule has 1 heterocycles. The van der Waals surface area contributed by atoms with Crippen LogP contribution in [0.4, 0.5) is 0 Å². The lowest BCUT2D eigenvalue weighted by molar-refractivity contribution is 0.104. The first kappa shape index (κ1) is 16.9. The Balaban J connectivity index is 1.77. The van der Waals surface area contributed by atoms with Crippen molar-refractivity contribution >= 4 is 15.9 Å². The van der Waals surface area contributed by atoms with Crippen molar-refractivity contribution in [2.75, 3.05) is 33.2 Å². The van der Waals surface area contributed by atoms with Gasteiger partial charge in [0.1, 0.15) is 0 Å². The summed E-state index contributed by atoms with van der Waals surface area (Å²) in [6, 6.07) is 8.64. The molecule has 0 spiro atoms. The van der Waals surface area contributed by atoms with Crippen LogP contribution in [0, 0.1) is 0 Å². The van der Waals surface area contributed by atoms with E-state index in [1.807, 2.05) is 24.3 Å². The molecule has 0 aromatic heterocycles. The number of halogens is 1. The van der Waals surface area contributed by atoms with E-state index in [1.54, 1.807) is 0 Å². The van der Waals surface area contributed by atoms with E-state index < -0.39 is 0 Å². The van der Waals surface area contributed by atoms with Gasteiger partial charge in [0.15, 0.2) is 0 Å².